The summed E-state index contributed by atoms with van der Waals surface area (Å²) in [5, 5.41) is 32.4. The summed E-state index contributed by atoms with van der Waals surface area (Å²) < 4.78 is 1.51. The Bertz CT molecular complexity index is 1300. The number of aromatic nitrogens is 5. The van der Waals surface area contributed by atoms with Crippen molar-refractivity contribution in [3.05, 3.63) is 23.7 Å². The van der Waals surface area contributed by atoms with Crippen LogP contribution in [0, 0.1) is 5.41 Å². The zero-order valence-corrected chi connectivity index (χ0v) is 23.8. The molecular weight excluding hydrogens is 583 g/mol. The smallest absolute Gasteiger partial charge is 0.313 e. The maximum absolute atomic E-state index is 13.2. The quantitative estimate of drug-likeness (QED) is 0.0487. The number of anilines is 1. The third-order valence-corrected chi connectivity index (χ3v) is 9.66. The third-order valence-electron chi connectivity index (χ3n) is 6.05. The van der Waals surface area contributed by atoms with Gasteiger partial charge in [-0.25, -0.2) is 9.67 Å². The van der Waals surface area contributed by atoms with Crippen LogP contribution in [0.1, 0.15) is 25.5 Å². The summed E-state index contributed by atoms with van der Waals surface area (Å²) >= 11 is 3.59. The minimum Gasteiger partial charge on any atom is -0.481 e. The maximum Gasteiger partial charge on any atom is 0.313 e. The molecule has 2 fully saturated rings. The number of carboxylic acids is 1. The van der Waals surface area contributed by atoms with Crippen LogP contribution in [-0.4, -0.2) is 101 Å². The molecular formula is C22H27N9O6S3. The minimum atomic E-state index is -1.23. The van der Waals surface area contributed by atoms with Gasteiger partial charge in [0.15, 0.2) is 10.8 Å². The lowest BCUT2D eigenvalue weighted by Gasteiger charge is -2.53. The number of carboxylic acid groups (broad SMARTS) is 1. The van der Waals surface area contributed by atoms with E-state index in [2.05, 4.69) is 42.9 Å². The van der Waals surface area contributed by atoms with Gasteiger partial charge in [0.1, 0.15) is 29.1 Å². The van der Waals surface area contributed by atoms with E-state index in [1.54, 1.807) is 11.5 Å². The first-order valence-electron chi connectivity index (χ1n) is 12.2. The Labute approximate surface area is 241 Å². The van der Waals surface area contributed by atoms with Crippen LogP contribution in [0.25, 0.3) is 0 Å². The van der Waals surface area contributed by atoms with Crippen LogP contribution in [0.5, 0.6) is 0 Å². The van der Waals surface area contributed by atoms with E-state index >= 15 is 0 Å². The van der Waals surface area contributed by atoms with Gasteiger partial charge < -0.3 is 25.5 Å². The molecule has 0 aromatic carbocycles. The number of nitrogens with one attached hydrogen (secondary N) is 2. The van der Waals surface area contributed by atoms with Crippen molar-refractivity contribution in [1.82, 2.24) is 35.4 Å². The predicted octanol–water partition coefficient (Wildman–Crippen LogP) is 0.668. The molecule has 0 spiro atoms. The molecule has 0 saturated carbocycles. The van der Waals surface area contributed by atoms with Gasteiger partial charge in [-0.05, 0) is 16.8 Å². The Kier molecular flexibility index (Phi) is 9.75. The number of carbonyl (C=O) groups excluding carboxylic acids is 3. The van der Waals surface area contributed by atoms with Gasteiger partial charge in [-0.1, -0.05) is 36.3 Å². The number of β-lactam (4-membered cyclic amide) rings is 1. The van der Waals surface area contributed by atoms with E-state index in [0.717, 1.165) is 24.2 Å². The first-order chi connectivity index (χ1) is 19.3. The zero-order chi connectivity index (χ0) is 28.7. The fourth-order valence-corrected chi connectivity index (χ4v) is 7.28. The van der Waals surface area contributed by atoms with Crippen LogP contribution in [0.3, 0.4) is 0 Å². The van der Waals surface area contributed by atoms with Crippen LogP contribution in [0.2, 0.25) is 0 Å². The van der Waals surface area contributed by atoms with Gasteiger partial charge in [0.05, 0.1) is 6.54 Å². The standard InChI is InChI=1S/C22H27N9O6S3/c1-3-5-7-37-27-14(13-8-38-20(24-13)23-12-32)16(33)25-15-17(34)30-9-22(19(35)36,10-39-18(15)30)11-40-21-26-28-29-31(21)6-4-2/h4,8,12,15,18H,2-3,5-7,9-11H2,1H3,(H,25,33)(H,35,36)(H,23,24,32)/t15?,18-,22?/m1/s1. The SMILES string of the molecule is C=CCn1nnnc1SCC1(C(=O)O)CS[C@@H]2C(NC(=O)C(=NOCCCC)c3csc(NC=O)n3)C(=O)N2C1. The fraction of sp³-hybridized carbons (Fsp3) is 0.500. The van der Waals surface area contributed by atoms with Gasteiger partial charge in [-0.2, -0.15) is 0 Å². The van der Waals surface area contributed by atoms with E-state index in [0.29, 0.717) is 24.7 Å². The molecule has 2 unspecified atom stereocenters. The summed E-state index contributed by atoms with van der Waals surface area (Å²) in [5.74, 6) is -1.74. The lowest BCUT2D eigenvalue weighted by atomic mass is 9.89. The number of thioether (sulfide) groups is 2. The predicted molar refractivity (Wildman–Crippen MR) is 148 cm³/mol. The Hall–Kier alpha value is -3.51. The van der Waals surface area contributed by atoms with Crippen molar-refractivity contribution in [3.63, 3.8) is 0 Å². The Morgan fingerprint density at radius 1 is 1.45 bits per heavy atom. The van der Waals surface area contributed by atoms with Crippen molar-refractivity contribution in [1.29, 1.82) is 0 Å². The van der Waals surface area contributed by atoms with Gasteiger partial charge in [0, 0.05) is 23.4 Å². The highest BCUT2D eigenvalue weighted by molar-refractivity contribution is 8.00. The molecule has 2 aliphatic heterocycles. The van der Waals surface area contributed by atoms with Crippen LogP contribution < -0.4 is 10.6 Å². The lowest BCUT2D eigenvalue weighted by Crippen LogP contribution is -2.74. The van der Waals surface area contributed by atoms with E-state index in [1.165, 1.54) is 33.1 Å². The number of fused-ring (bicyclic) bond motifs is 1. The summed E-state index contributed by atoms with van der Waals surface area (Å²) in [6, 6.07) is -0.871. The Balaban J connectivity index is 1.43. The summed E-state index contributed by atoms with van der Waals surface area (Å²) in [7, 11) is 0. The molecule has 2 saturated heterocycles. The number of allylic oxidation sites excluding steroid dienone is 1. The Morgan fingerprint density at radius 3 is 3.00 bits per heavy atom. The monoisotopic (exact) mass is 609 g/mol. The van der Waals surface area contributed by atoms with Gasteiger partial charge in [0.2, 0.25) is 17.5 Å². The number of unbranched alkanes of at least 4 members (excludes halogenated alkanes) is 1. The number of amides is 3. The molecule has 3 amide bonds. The second-order valence-electron chi connectivity index (χ2n) is 8.85. The molecule has 0 radical (unpaired) electrons. The van der Waals surface area contributed by atoms with E-state index in [-0.39, 0.29) is 34.6 Å². The molecule has 214 valence electrons. The molecule has 2 aromatic heterocycles. The number of aliphatic carboxylic acids is 1. The number of thiazole rings is 1. The highest BCUT2D eigenvalue weighted by Crippen LogP contribution is 2.44. The highest BCUT2D eigenvalue weighted by atomic mass is 32.2. The number of tetrazole rings is 1. The molecule has 3 atom stereocenters. The number of carbonyl (C=O) groups is 4. The van der Waals surface area contributed by atoms with Crippen molar-refractivity contribution in [2.45, 2.75) is 42.9 Å². The molecule has 2 aromatic rings. The fourth-order valence-electron chi connectivity index (χ4n) is 3.88. The van der Waals surface area contributed by atoms with E-state index < -0.39 is 34.6 Å². The number of nitrogens with zero attached hydrogens (tertiary/aromatic N) is 7. The molecule has 15 nitrogen and oxygen atoms in total. The van der Waals surface area contributed by atoms with Crippen molar-refractivity contribution >= 4 is 69.9 Å². The van der Waals surface area contributed by atoms with Crippen LogP contribution in [0.4, 0.5) is 5.13 Å². The molecule has 18 heteroatoms. The molecule has 0 aliphatic carbocycles. The number of hydrogen-bond acceptors (Lipinski definition) is 13. The first-order valence-corrected chi connectivity index (χ1v) is 15.1. The number of oxime groups is 1. The topological polar surface area (TPSA) is 194 Å². The Morgan fingerprint density at radius 2 is 2.27 bits per heavy atom. The van der Waals surface area contributed by atoms with Gasteiger partial charge in [-0.3, -0.25) is 19.2 Å². The number of rotatable bonds is 15. The van der Waals surface area contributed by atoms with E-state index in [9.17, 15) is 24.3 Å². The molecule has 40 heavy (non-hydrogen) atoms. The summed E-state index contributed by atoms with van der Waals surface area (Å²) in [5.41, 5.74) is -1.18. The average Bonchev–Trinajstić information content (AvgIpc) is 3.60. The molecule has 4 heterocycles. The van der Waals surface area contributed by atoms with E-state index in [4.69, 9.17) is 4.84 Å². The van der Waals surface area contributed by atoms with Crippen molar-refractivity contribution in [2.24, 2.45) is 10.6 Å². The van der Waals surface area contributed by atoms with Gasteiger partial charge in [-0.15, -0.1) is 34.8 Å². The molecule has 0 bridgehead atoms. The summed E-state index contributed by atoms with van der Waals surface area (Å²) in [6.07, 6.45) is 3.70. The zero-order valence-electron chi connectivity index (χ0n) is 21.4. The normalized spacial score (nSPS) is 22.2. The van der Waals surface area contributed by atoms with Crippen LogP contribution in [0.15, 0.2) is 28.3 Å². The van der Waals surface area contributed by atoms with Gasteiger partial charge >= 0.3 is 5.97 Å². The first kappa shape index (κ1) is 29.5. The highest BCUT2D eigenvalue weighted by Gasteiger charge is 2.57. The summed E-state index contributed by atoms with van der Waals surface area (Å²) in [6.45, 7) is 6.29. The summed E-state index contributed by atoms with van der Waals surface area (Å²) in [4.78, 5) is 60.3. The van der Waals surface area contributed by atoms with Crippen LogP contribution in [-0.2, 0) is 30.6 Å². The van der Waals surface area contributed by atoms with Crippen molar-refractivity contribution in [3.8, 4) is 0 Å². The minimum absolute atomic E-state index is 0.0187. The molecule has 4 rings (SSSR count). The second kappa shape index (κ2) is 13.2. The maximum atomic E-state index is 13.2. The third kappa shape index (κ3) is 6.28. The van der Waals surface area contributed by atoms with Crippen molar-refractivity contribution < 1.29 is 29.1 Å². The van der Waals surface area contributed by atoms with Gasteiger partial charge in [0.25, 0.3) is 5.91 Å². The van der Waals surface area contributed by atoms with E-state index in [1.807, 2.05) is 6.92 Å². The molecule has 2 aliphatic rings. The molecule has 3 N–H and O–H groups in total. The second-order valence-corrected chi connectivity index (χ2v) is 11.8. The van der Waals surface area contributed by atoms with Crippen molar-refractivity contribution in [2.75, 3.05) is 30.0 Å². The largest absolute Gasteiger partial charge is 0.481 e. The number of hydrogen-bond donors (Lipinski definition) is 3. The lowest BCUT2D eigenvalue weighted by molar-refractivity contribution is -0.157. The van der Waals surface area contributed by atoms with Crippen LogP contribution >= 0.6 is 34.9 Å². The average molecular weight is 610 g/mol.